The molecule has 0 atom stereocenters. The fourth-order valence-corrected chi connectivity index (χ4v) is 7.51. The third-order valence-corrected chi connectivity index (χ3v) is 9.13. The molecule has 0 bridgehead atoms. The van der Waals surface area contributed by atoms with Gasteiger partial charge in [0.1, 0.15) is 0 Å². The standard InChI is InChI=1S/C42H36N6/c1-21-13-22(2)46-41(45-21)33-11-9-31-36(30-17-27(7)44-28(8)18-30)20-38-34(42-47-23(3)14-24(4)48-42)12-10-32-35(19-37(33)39(31)40(32)38)29-15-25(5)43-26(6)16-29/h9-20H,1-8H3. The topological polar surface area (TPSA) is 77.3 Å². The molecule has 4 aromatic heterocycles. The van der Waals surface area contributed by atoms with Crippen molar-refractivity contribution < 1.29 is 0 Å². The van der Waals surface area contributed by atoms with E-state index >= 15 is 0 Å². The van der Waals surface area contributed by atoms with Crippen LogP contribution in [-0.4, -0.2) is 29.9 Å². The zero-order valence-electron chi connectivity index (χ0n) is 28.6. The minimum Gasteiger partial charge on any atom is -0.258 e. The predicted molar refractivity (Wildman–Crippen MR) is 197 cm³/mol. The smallest absolute Gasteiger partial charge is 0.160 e. The second-order valence-corrected chi connectivity index (χ2v) is 13.2. The molecule has 0 saturated heterocycles. The third kappa shape index (κ3) is 4.96. The second kappa shape index (κ2) is 11.0. The van der Waals surface area contributed by atoms with E-state index in [0.717, 1.165) is 101 Å². The van der Waals surface area contributed by atoms with Crippen LogP contribution in [-0.2, 0) is 0 Å². The maximum atomic E-state index is 4.96. The highest BCUT2D eigenvalue weighted by Gasteiger charge is 2.23. The van der Waals surface area contributed by atoms with Gasteiger partial charge in [0.2, 0.25) is 0 Å². The molecular weight excluding hydrogens is 589 g/mol. The van der Waals surface area contributed by atoms with Gasteiger partial charge < -0.3 is 0 Å². The minimum absolute atomic E-state index is 0.730. The lowest BCUT2D eigenvalue weighted by Crippen LogP contribution is -2.00. The maximum Gasteiger partial charge on any atom is 0.160 e. The molecule has 0 spiro atoms. The maximum absolute atomic E-state index is 4.96. The normalized spacial score (nSPS) is 11.8. The van der Waals surface area contributed by atoms with E-state index < -0.39 is 0 Å². The number of hydrogen-bond acceptors (Lipinski definition) is 6. The lowest BCUT2D eigenvalue weighted by atomic mass is 9.82. The molecular formula is C42H36N6. The van der Waals surface area contributed by atoms with E-state index in [0.29, 0.717) is 0 Å². The molecule has 6 heteroatoms. The van der Waals surface area contributed by atoms with Crippen LogP contribution < -0.4 is 0 Å². The molecule has 8 aromatic rings. The molecule has 234 valence electrons. The largest absolute Gasteiger partial charge is 0.258 e. The van der Waals surface area contributed by atoms with Gasteiger partial charge in [-0.2, -0.15) is 0 Å². The molecule has 0 aliphatic heterocycles. The van der Waals surface area contributed by atoms with E-state index in [1.165, 1.54) is 21.5 Å². The molecule has 48 heavy (non-hydrogen) atoms. The summed E-state index contributed by atoms with van der Waals surface area (Å²) in [5.41, 5.74) is 14.3. The Hall–Kier alpha value is -5.62. The number of aromatic nitrogens is 6. The first-order valence-electron chi connectivity index (χ1n) is 16.4. The Morgan fingerprint density at radius 2 is 0.604 bits per heavy atom. The summed E-state index contributed by atoms with van der Waals surface area (Å²) < 4.78 is 0. The summed E-state index contributed by atoms with van der Waals surface area (Å²) >= 11 is 0. The predicted octanol–water partition coefficient (Wildman–Crippen LogP) is 10.1. The molecule has 8 rings (SSSR count). The SMILES string of the molecule is Cc1cc(-c2cc3c(-c4nc(C)cc(C)n4)ccc4c(-c5cc(C)nc(C)c5)cc5c(-c6nc(C)cc(C)n6)ccc2c5c43)cc(C)n1. The summed E-state index contributed by atoms with van der Waals surface area (Å²) in [7, 11) is 0. The Morgan fingerprint density at radius 1 is 0.292 bits per heavy atom. The highest BCUT2D eigenvalue weighted by atomic mass is 14.9. The van der Waals surface area contributed by atoms with Gasteiger partial charge in [-0.25, -0.2) is 19.9 Å². The van der Waals surface area contributed by atoms with Crippen LogP contribution in [0.2, 0.25) is 0 Å². The molecule has 0 unspecified atom stereocenters. The van der Waals surface area contributed by atoms with Gasteiger partial charge in [0, 0.05) is 56.7 Å². The molecule has 4 heterocycles. The van der Waals surface area contributed by atoms with Crippen molar-refractivity contribution in [1.29, 1.82) is 0 Å². The van der Waals surface area contributed by atoms with Gasteiger partial charge in [-0.15, -0.1) is 0 Å². The van der Waals surface area contributed by atoms with Crippen LogP contribution in [0.25, 0.3) is 77.3 Å². The van der Waals surface area contributed by atoms with Gasteiger partial charge >= 0.3 is 0 Å². The van der Waals surface area contributed by atoms with Gasteiger partial charge in [-0.05, 0) is 171 Å². The van der Waals surface area contributed by atoms with Crippen molar-refractivity contribution in [2.24, 2.45) is 0 Å². The monoisotopic (exact) mass is 624 g/mol. The summed E-state index contributed by atoms with van der Waals surface area (Å²) in [5, 5.41) is 6.94. The van der Waals surface area contributed by atoms with Crippen LogP contribution in [0.4, 0.5) is 0 Å². The van der Waals surface area contributed by atoms with Crippen LogP contribution in [0, 0.1) is 55.4 Å². The summed E-state index contributed by atoms with van der Waals surface area (Å²) in [4.78, 5) is 29.2. The fourth-order valence-electron chi connectivity index (χ4n) is 7.51. The summed E-state index contributed by atoms with van der Waals surface area (Å²) in [5.74, 6) is 1.46. The Balaban J connectivity index is 1.62. The van der Waals surface area contributed by atoms with Crippen molar-refractivity contribution in [3.63, 3.8) is 0 Å². The Labute approximate surface area is 280 Å². The number of aryl methyl sites for hydroxylation is 8. The first-order chi connectivity index (χ1) is 23.0. The third-order valence-electron chi connectivity index (χ3n) is 9.13. The van der Waals surface area contributed by atoms with E-state index in [1.54, 1.807) is 0 Å². The fraction of sp³-hybridized carbons (Fsp3) is 0.190. The van der Waals surface area contributed by atoms with E-state index in [2.05, 4.69) is 88.4 Å². The Kier molecular flexibility index (Phi) is 6.81. The van der Waals surface area contributed by atoms with Crippen LogP contribution in [0.5, 0.6) is 0 Å². The molecule has 0 aliphatic rings. The van der Waals surface area contributed by atoms with E-state index in [1.807, 2.05) is 39.8 Å². The van der Waals surface area contributed by atoms with E-state index in [4.69, 9.17) is 29.9 Å². The van der Waals surface area contributed by atoms with Gasteiger partial charge in [-0.3, -0.25) is 9.97 Å². The van der Waals surface area contributed by atoms with Crippen LogP contribution >= 0.6 is 0 Å². The lowest BCUT2D eigenvalue weighted by Gasteiger charge is -2.21. The van der Waals surface area contributed by atoms with Crippen LogP contribution in [0.3, 0.4) is 0 Å². The van der Waals surface area contributed by atoms with Crippen LogP contribution in [0.1, 0.15) is 45.6 Å². The van der Waals surface area contributed by atoms with Gasteiger partial charge in [0.25, 0.3) is 0 Å². The van der Waals surface area contributed by atoms with Crippen molar-refractivity contribution >= 4 is 32.3 Å². The zero-order chi connectivity index (χ0) is 33.4. The van der Waals surface area contributed by atoms with E-state index in [-0.39, 0.29) is 0 Å². The first-order valence-corrected chi connectivity index (χ1v) is 16.4. The van der Waals surface area contributed by atoms with Crippen molar-refractivity contribution in [3.8, 4) is 45.0 Å². The van der Waals surface area contributed by atoms with Crippen molar-refractivity contribution in [1.82, 2.24) is 29.9 Å². The number of hydrogen-bond donors (Lipinski definition) is 0. The number of nitrogens with zero attached hydrogens (tertiary/aromatic N) is 6. The summed E-state index contributed by atoms with van der Waals surface area (Å²) in [6, 6.07) is 26.3. The molecule has 0 radical (unpaired) electrons. The number of rotatable bonds is 4. The summed E-state index contributed by atoms with van der Waals surface area (Å²) in [6.07, 6.45) is 0. The van der Waals surface area contributed by atoms with Gasteiger partial charge in [0.05, 0.1) is 0 Å². The van der Waals surface area contributed by atoms with E-state index in [9.17, 15) is 0 Å². The van der Waals surface area contributed by atoms with Crippen molar-refractivity contribution in [3.05, 3.63) is 118 Å². The second-order valence-electron chi connectivity index (χ2n) is 13.2. The Morgan fingerprint density at radius 3 is 0.938 bits per heavy atom. The molecule has 0 fully saturated rings. The lowest BCUT2D eigenvalue weighted by molar-refractivity contribution is 1.06. The molecule has 0 N–H and O–H groups in total. The average Bonchev–Trinajstić information content (AvgIpc) is 3.01. The van der Waals surface area contributed by atoms with Gasteiger partial charge in [0.15, 0.2) is 11.6 Å². The molecule has 0 saturated carbocycles. The Bertz CT molecular complexity index is 2340. The highest BCUT2D eigenvalue weighted by molar-refractivity contribution is 6.32. The highest BCUT2D eigenvalue weighted by Crippen LogP contribution is 2.48. The van der Waals surface area contributed by atoms with Crippen molar-refractivity contribution in [2.45, 2.75) is 55.4 Å². The minimum atomic E-state index is 0.730. The van der Waals surface area contributed by atoms with Crippen molar-refractivity contribution in [2.75, 3.05) is 0 Å². The van der Waals surface area contributed by atoms with Gasteiger partial charge in [-0.1, -0.05) is 12.1 Å². The summed E-state index contributed by atoms with van der Waals surface area (Å²) in [6.45, 7) is 16.4. The first kappa shape index (κ1) is 29.8. The quantitative estimate of drug-likeness (QED) is 0.181. The number of benzene rings is 4. The molecule has 0 amide bonds. The molecule has 6 nitrogen and oxygen atoms in total. The number of pyridine rings is 2. The molecule has 0 aliphatic carbocycles. The zero-order valence-corrected chi connectivity index (χ0v) is 28.6. The van der Waals surface area contributed by atoms with Crippen LogP contribution in [0.15, 0.2) is 72.8 Å². The average molecular weight is 625 g/mol. The molecule has 4 aromatic carbocycles.